The molecular formula is C11H12Cl3NO3S. The maximum atomic E-state index is 12.6. The molecular weight excluding hydrogens is 333 g/mol. The van der Waals surface area contributed by atoms with Gasteiger partial charge in [-0.1, -0.05) is 34.8 Å². The van der Waals surface area contributed by atoms with Crippen molar-refractivity contribution >= 4 is 44.8 Å². The van der Waals surface area contributed by atoms with Crippen molar-refractivity contribution in [2.75, 3.05) is 13.2 Å². The highest BCUT2D eigenvalue weighted by Gasteiger charge is 2.39. The van der Waals surface area contributed by atoms with Crippen LogP contribution in [0.3, 0.4) is 0 Å². The molecule has 0 unspecified atom stereocenters. The summed E-state index contributed by atoms with van der Waals surface area (Å²) in [6, 6.07) is 2.60. The van der Waals surface area contributed by atoms with E-state index in [-0.39, 0.29) is 39.2 Å². The lowest BCUT2D eigenvalue weighted by Crippen LogP contribution is -2.35. The molecule has 0 aliphatic heterocycles. The lowest BCUT2D eigenvalue weighted by atomic mass is 10.4. The number of aliphatic hydroxyl groups excluding tert-OH is 1. The topological polar surface area (TPSA) is 57.6 Å². The maximum Gasteiger partial charge on any atom is 0.246 e. The first-order valence-corrected chi connectivity index (χ1v) is 8.22. The van der Waals surface area contributed by atoms with Crippen molar-refractivity contribution in [3.63, 3.8) is 0 Å². The summed E-state index contributed by atoms with van der Waals surface area (Å²) in [6.07, 6.45) is 1.56. The van der Waals surface area contributed by atoms with Crippen molar-refractivity contribution in [1.82, 2.24) is 4.31 Å². The van der Waals surface area contributed by atoms with E-state index >= 15 is 0 Å². The van der Waals surface area contributed by atoms with Gasteiger partial charge in [-0.15, -0.1) is 0 Å². The smallest absolute Gasteiger partial charge is 0.246 e. The minimum Gasteiger partial charge on any atom is -0.395 e. The molecule has 0 saturated heterocycles. The molecule has 0 bridgehead atoms. The molecule has 1 aliphatic rings. The third kappa shape index (κ3) is 3.17. The lowest BCUT2D eigenvalue weighted by Gasteiger charge is -2.22. The van der Waals surface area contributed by atoms with Crippen LogP contribution in [-0.2, 0) is 10.0 Å². The fraction of sp³-hybridized carbons (Fsp3) is 0.455. The van der Waals surface area contributed by atoms with E-state index in [1.54, 1.807) is 0 Å². The third-order valence-corrected chi connectivity index (χ3v) is 5.90. The van der Waals surface area contributed by atoms with Gasteiger partial charge in [0.05, 0.1) is 16.7 Å². The van der Waals surface area contributed by atoms with Crippen molar-refractivity contribution in [3.8, 4) is 0 Å². The van der Waals surface area contributed by atoms with Crippen molar-refractivity contribution < 1.29 is 13.5 Å². The Morgan fingerprint density at radius 1 is 1.21 bits per heavy atom. The molecule has 0 spiro atoms. The normalized spacial score (nSPS) is 16.1. The van der Waals surface area contributed by atoms with Gasteiger partial charge in [0.25, 0.3) is 0 Å². The van der Waals surface area contributed by atoms with Gasteiger partial charge in [-0.3, -0.25) is 0 Å². The minimum atomic E-state index is -3.83. The Bertz CT molecular complexity index is 564. The van der Waals surface area contributed by atoms with Gasteiger partial charge in [0.2, 0.25) is 10.0 Å². The maximum absolute atomic E-state index is 12.6. The number of halogens is 3. The number of aliphatic hydroxyl groups is 1. The Balaban J connectivity index is 2.49. The monoisotopic (exact) mass is 343 g/mol. The highest BCUT2D eigenvalue weighted by atomic mass is 35.5. The number of nitrogens with zero attached hydrogens (tertiary/aromatic N) is 1. The first-order valence-electron chi connectivity index (χ1n) is 5.65. The quantitative estimate of drug-likeness (QED) is 0.893. The van der Waals surface area contributed by atoms with Crippen LogP contribution in [0, 0.1) is 0 Å². The van der Waals surface area contributed by atoms with E-state index in [1.807, 2.05) is 0 Å². The average Bonchev–Trinajstić information content (AvgIpc) is 3.07. The molecule has 1 aromatic rings. The van der Waals surface area contributed by atoms with Gasteiger partial charge in [0.1, 0.15) is 4.90 Å². The lowest BCUT2D eigenvalue weighted by molar-refractivity contribution is 0.250. The molecule has 1 saturated carbocycles. The van der Waals surface area contributed by atoms with Crippen molar-refractivity contribution in [2.24, 2.45) is 0 Å². The van der Waals surface area contributed by atoms with Gasteiger partial charge in [0, 0.05) is 17.6 Å². The second kappa shape index (κ2) is 5.76. The van der Waals surface area contributed by atoms with E-state index in [0.717, 1.165) is 12.8 Å². The summed E-state index contributed by atoms with van der Waals surface area (Å²) >= 11 is 17.7. The number of rotatable bonds is 5. The standard InChI is InChI=1S/C11H12Cl3NO3S/c12-7-5-9(13)11(10(14)6-7)19(17,18)15(3-4-16)8-1-2-8/h5-6,8,16H,1-4H2. The molecule has 0 atom stereocenters. The molecule has 0 heterocycles. The molecule has 2 rings (SSSR count). The number of benzene rings is 1. The summed E-state index contributed by atoms with van der Waals surface area (Å²) in [5, 5.41) is 9.26. The molecule has 0 aromatic heterocycles. The minimum absolute atomic E-state index is 0.0129. The summed E-state index contributed by atoms with van der Waals surface area (Å²) in [4.78, 5) is -0.152. The first-order chi connectivity index (χ1) is 8.87. The molecule has 0 radical (unpaired) electrons. The zero-order valence-corrected chi connectivity index (χ0v) is 12.9. The molecule has 1 N–H and O–H groups in total. The SMILES string of the molecule is O=S(=O)(c1c(Cl)cc(Cl)cc1Cl)N(CCO)C1CC1. The summed E-state index contributed by atoms with van der Waals surface area (Å²) < 4.78 is 26.4. The Kier molecular flexibility index (Phi) is 4.65. The van der Waals surface area contributed by atoms with Gasteiger partial charge in [-0.05, 0) is 25.0 Å². The summed E-state index contributed by atoms with van der Waals surface area (Å²) in [6.45, 7) is -0.221. The van der Waals surface area contributed by atoms with E-state index in [4.69, 9.17) is 39.9 Å². The summed E-state index contributed by atoms with van der Waals surface area (Å²) in [5.41, 5.74) is 0. The van der Waals surface area contributed by atoms with Crippen LogP contribution in [0.4, 0.5) is 0 Å². The highest BCUT2D eigenvalue weighted by molar-refractivity contribution is 7.89. The third-order valence-electron chi connectivity index (χ3n) is 2.80. The Labute approximate surface area is 126 Å². The predicted octanol–water partition coefficient (Wildman–Crippen LogP) is 2.79. The van der Waals surface area contributed by atoms with Crippen LogP contribution >= 0.6 is 34.8 Å². The molecule has 4 nitrogen and oxygen atoms in total. The Morgan fingerprint density at radius 3 is 2.16 bits per heavy atom. The molecule has 1 aromatic carbocycles. The van der Waals surface area contributed by atoms with E-state index in [2.05, 4.69) is 0 Å². The number of sulfonamides is 1. The van der Waals surface area contributed by atoms with Crippen molar-refractivity contribution in [1.29, 1.82) is 0 Å². The van der Waals surface area contributed by atoms with E-state index < -0.39 is 10.0 Å². The molecule has 106 valence electrons. The largest absolute Gasteiger partial charge is 0.395 e. The Hall–Kier alpha value is -0.0400. The van der Waals surface area contributed by atoms with Crippen molar-refractivity contribution in [3.05, 3.63) is 27.2 Å². The summed E-state index contributed by atoms with van der Waals surface area (Å²) in [5.74, 6) is 0. The number of hydrogen-bond donors (Lipinski definition) is 1. The fourth-order valence-electron chi connectivity index (χ4n) is 1.85. The van der Waals surface area contributed by atoms with Gasteiger partial charge in [0.15, 0.2) is 0 Å². The molecule has 8 heteroatoms. The van der Waals surface area contributed by atoms with Crippen LogP contribution in [0.5, 0.6) is 0 Å². The Morgan fingerprint density at radius 2 is 1.74 bits per heavy atom. The number of hydrogen-bond acceptors (Lipinski definition) is 3. The van der Waals surface area contributed by atoms with Crippen LogP contribution in [0.1, 0.15) is 12.8 Å². The van der Waals surface area contributed by atoms with Crippen LogP contribution in [0.2, 0.25) is 15.1 Å². The highest BCUT2D eigenvalue weighted by Crippen LogP contribution is 2.38. The first kappa shape index (κ1) is 15.4. The van der Waals surface area contributed by atoms with Crippen LogP contribution in [-0.4, -0.2) is 37.0 Å². The molecule has 19 heavy (non-hydrogen) atoms. The fourth-order valence-corrected chi connectivity index (χ4v) is 5.03. The zero-order chi connectivity index (χ0) is 14.2. The van der Waals surface area contributed by atoms with Crippen LogP contribution in [0.15, 0.2) is 17.0 Å². The molecule has 1 aliphatic carbocycles. The van der Waals surface area contributed by atoms with Gasteiger partial charge < -0.3 is 5.11 Å². The second-order valence-electron chi connectivity index (χ2n) is 4.27. The van der Waals surface area contributed by atoms with E-state index in [1.165, 1.54) is 16.4 Å². The van der Waals surface area contributed by atoms with E-state index in [9.17, 15) is 8.42 Å². The molecule has 1 fully saturated rings. The zero-order valence-electron chi connectivity index (χ0n) is 9.81. The van der Waals surface area contributed by atoms with E-state index in [0.29, 0.717) is 0 Å². The van der Waals surface area contributed by atoms with Gasteiger partial charge in [-0.25, -0.2) is 8.42 Å². The van der Waals surface area contributed by atoms with Gasteiger partial charge in [-0.2, -0.15) is 4.31 Å². The average molecular weight is 345 g/mol. The van der Waals surface area contributed by atoms with Gasteiger partial charge >= 0.3 is 0 Å². The molecule has 0 amide bonds. The van der Waals surface area contributed by atoms with Crippen LogP contribution in [0.25, 0.3) is 0 Å². The summed E-state index contributed by atoms with van der Waals surface area (Å²) in [7, 11) is -3.83. The van der Waals surface area contributed by atoms with Crippen LogP contribution < -0.4 is 0 Å². The van der Waals surface area contributed by atoms with Crippen molar-refractivity contribution in [2.45, 2.75) is 23.8 Å². The second-order valence-corrected chi connectivity index (χ2v) is 7.35. The predicted molar refractivity (Wildman–Crippen MR) is 75.5 cm³/mol.